The zero-order valence-corrected chi connectivity index (χ0v) is 7.25. The van der Waals surface area contributed by atoms with E-state index in [-0.39, 0.29) is 5.13 Å². The number of anilines is 1. The molecule has 0 spiro atoms. The summed E-state index contributed by atoms with van der Waals surface area (Å²) in [4.78, 5) is 2.81. The minimum Gasteiger partial charge on any atom is -0.365 e. The molecule has 0 saturated heterocycles. The highest BCUT2D eigenvalue weighted by molar-refractivity contribution is 7.16. The van der Waals surface area contributed by atoms with Crippen LogP contribution in [-0.4, -0.2) is 12.0 Å². The molecule has 0 aliphatic rings. The molecule has 13 heavy (non-hydrogen) atoms. The van der Waals surface area contributed by atoms with E-state index in [4.69, 9.17) is 5.26 Å². The third-order valence-corrected chi connectivity index (χ3v) is 2.19. The number of nitrogens with zero attached hydrogens (tertiary/aromatic N) is 2. The smallest absolute Gasteiger partial charge is 0.365 e. The Labute approximate surface area is 75.8 Å². The van der Waals surface area contributed by atoms with E-state index in [2.05, 4.69) is 10.3 Å². The Morgan fingerprint density at radius 3 is 2.46 bits per heavy atom. The number of halogens is 3. The zero-order chi connectivity index (χ0) is 10.1. The van der Waals surface area contributed by atoms with Crippen molar-refractivity contribution in [2.45, 2.75) is 6.18 Å². The molecule has 7 heteroatoms. The van der Waals surface area contributed by atoms with Crippen LogP contribution in [0.1, 0.15) is 10.6 Å². The number of nitriles is 1. The quantitative estimate of drug-likeness (QED) is 0.766. The molecule has 0 aliphatic heterocycles. The van der Waals surface area contributed by atoms with Crippen LogP contribution in [-0.2, 0) is 6.18 Å². The molecule has 0 saturated carbocycles. The zero-order valence-electron chi connectivity index (χ0n) is 6.44. The number of alkyl halides is 3. The first-order chi connectivity index (χ1) is 5.99. The SMILES string of the molecule is CNc1nc(C(F)(F)F)c(C#N)s1. The molecule has 0 unspecified atom stereocenters. The molecule has 0 aliphatic carbocycles. The van der Waals surface area contributed by atoms with Crippen molar-refractivity contribution < 1.29 is 13.2 Å². The van der Waals surface area contributed by atoms with Crippen LogP contribution in [0.25, 0.3) is 0 Å². The second-order valence-corrected chi connectivity index (χ2v) is 3.06. The summed E-state index contributed by atoms with van der Waals surface area (Å²) < 4.78 is 36.5. The Hall–Kier alpha value is -1.29. The van der Waals surface area contributed by atoms with Gasteiger partial charge >= 0.3 is 6.18 Å². The molecule has 0 amide bonds. The lowest BCUT2D eigenvalue weighted by Gasteiger charge is -2.00. The van der Waals surface area contributed by atoms with Crippen molar-refractivity contribution in [2.75, 3.05) is 12.4 Å². The maximum Gasteiger partial charge on any atom is 0.435 e. The van der Waals surface area contributed by atoms with Crippen LogP contribution in [0.2, 0.25) is 0 Å². The largest absolute Gasteiger partial charge is 0.435 e. The summed E-state index contributed by atoms with van der Waals surface area (Å²) >= 11 is 0.683. The van der Waals surface area contributed by atoms with Gasteiger partial charge in [-0.2, -0.15) is 18.4 Å². The summed E-state index contributed by atoms with van der Waals surface area (Å²) in [5, 5.41) is 10.9. The van der Waals surface area contributed by atoms with Crippen LogP contribution in [0.4, 0.5) is 18.3 Å². The maximum atomic E-state index is 12.2. The van der Waals surface area contributed by atoms with Crippen LogP contribution in [0, 0.1) is 11.3 Å². The number of hydrogen-bond donors (Lipinski definition) is 1. The summed E-state index contributed by atoms with van der Waals surface area (Å²) in [5.74, 6) is 0. The first-order valence-electron chi connectivity index (χ1n) is 3.15. The third kappa shape index (κ3) is 1.89. The number of rotatable bonds is 1. The van der Waals surface area contributed by atoms with Crippen LogP contribution in [0.5, 0.6) is 0 Å². The lowest BCUT2D eigenvalue weighted by Crippen LogP contribution is -2.07. The fourth-order valence-corrected chi connectivity index (χ4v) is 1.43. The van der Waals surface area contributed by atoms with Crippen molar-refractivity contribution >= 4 is 16.5 Å². The molecule has 0 aromatic carbocycles. The van der Waals surface area contributed by atoms with Gasteiger partial charge in [0, 0.05) is 7.05 Å². The van der Waals surface area contributed by atoms with E-state index in [0.717, 1.165) is 0 Å². The van der Waals surface area contributed by atoms with Crippen molar-refractivity contribution in [1.82, 2.24) is 4.98 Å². The van der Waals surface area contributed by atoms with Crippen molar-refractivity contribution in [1.29, 1.82) is 5.26 Å². The van der Waals surface area contributed by atoms with Crippen LogP contribution >= 0.6 is 11.3 Å². The molecule has 1 aromatic rings. The van der Waals surface area contributed by atoms with Gasteiger partial charge in [0.05, 0.1) is 0 Å². The van der Waals surface area contributed by atoms with E-state index >= 15 is 0 Å². The first kappa shape index (κ1) is 9.80. The van der Waals surface area contributed by atoms with E-state index in [9.17, 15) is 13.2 Å². The molecule has 1 heterocycles. The highest BCUT2D eigenvalue weighted by Gasteiger charge is 2.37. The summed E-state index contributed by atoms with van der Waals surface area (Å²) in [5.41, 5.74) is -1.12. The lowest BCUT2D eigenvalue weighted by molar-refractivity contribution is -0.140. The molecule has 0 atom stereocenters. The van der Waals surface area contributed by atoms with E-state index < -0.39 is 16.7 Å². The van der Waals surface area contributed by atoms with E-state index in [1.165, 1.54) is 13.1 Å². The van der Waals surface area contributed by atoms with Gasteiger partial charge in [-0.15, -0.1) is 0 Å². The molecule has 70 valence electrons. The van der Waals surface area contributed by atoms with Gasteiger partial charge in [-0.25, -0.2) is 4.98 Å². The molecule has 0 bridgehead atoms. The molecule has 3 nitrogen and oxygen atoms in total. The molecular formula is C6H4F3N3S. The molecular weight excluding hydrogens is 203 g/mol. The first-order valence-corrected chi connectivity index (χ1v) is 3.96. The normalized spacial score (nSPS) is 11.0. The molecule has 0 fully saturated rings. The topological polar surface area (TPSA) is 48.7 Å². The Kier molecular flexibility index (Phi) is 2.43. The monoisotopic (exact) mass is 207 g/mol. The lowest BCUT2D eigenvalue weighted by atomic mass is 10.4. The molecule has 1 rings (SSSR count). The number of aromatic nitrogens is 1. The molecule has 0 radical (unpaired) electrons. The summed E-state index contributed by atoms with van der Waals surface area (Å²) in [7, 11) is 1.44. The van der Waals surface area contributed by atoms with Gasteiger partial charge in [0.25, 0.3) is 0 Å². The second-order valence-electron chi connectivity index (χ2n) is 2.06. The van der Waals surface area contributed by atoms with E-state index in [1.54, 1.807) is 0 Å². The highest BCUT2D eigenvalue weighted by atomic mass is 32.1. The van der Waals surface area contributed by atoms with Gasteiger partial charge in [0.1, 0.15) is 10.9 Å². The summed E-state index contributed by atoms with van der Waals surface area (Å²) in [6, 6.07) is 1.45. The number of nitrogens with one attached hydrogen (secondary N) is 1. The average Bonchev–Trinajstić information content (AvgIpc) is 2.46. The predicted molar refractivity (Wildman–Crippen MR) is 41.4 cm³/mol. The predicted octanol–water partition coefficient (Wildman–Crippen LogP) is 2.08. The second kappa shape index (κ2) is 3.22. The minimum atomic E-state index is -4.56. The van der Waals surface area contributed by atoms with Gasteiger partial charge in [0.2, 0.25) is 0 Å². The third-order valence-electron chi connectivity index (χ3n) is 1.21. The Balaban J connectivity index is 3.21. The standard InChI is InChI=1S/C6H4F3N3S/c1-11-5-12-4(6(7,8)9)3(2-10)13-5/h1H3,(H,11,12). The van der Waals surface area contributed by atoms with Crippen molar-refractivity contribution in [3.63, 3.8) is 0 Å². The average molecular weight is 207 g/mol. The molecule has 1 N–H and O–H groups in total. The number of hydrogen-bond acceptors (Lipinski definition) is 4. The maximum absolute atomic E-state index is 12.2. The van der Waals surface area contributed by atoms with E-state index in [0.29, 0.717) is 11.3 Å². The minimum absolute atomic E-state index is 0.0869. The molecule has 1 aromatic heterocycles. The Bertz CT molecular complexity index is 349. The van der Waals surface area contributed by atoms with Gasteiger partial charge < -0.3 is 5.32 Å². The summed E-state index contributed by atoms with van der Waals surface area (Å²) in [6.45, 7) is 0. The van der Waals surface area contributed by atoms with Gasteiger partial charge in [-0.1, -0.05) is 11.3 Å². The van der Waals surface area contributed by atoms with Crippen LogP contribution in [0.3, 0.4) is 0 Å². The van der Waals surface area contributed by atoms with Gasteiger partial charge in [-0.3, -0.25) is 0 Å². The highest BCUT2D eigenvalue weighted by Crippen LogP contribution is 2.35. The van der Waals surface area contributed by atoms with Crippen LogP contribution < -0.4 is 5.32 Å². The van der Waals surface area contributed by atoms with Crippen molar-refractivity contribution in [3.05, 3.63) is 10.6 Å². The fourth-order valence-electron chi connectivity index (χ4n) is 0.695. The van der Waals surface area contributed by atoms with Crippen molar-refractivity contribution in [3.8, 4) is 6.07 Å². The number of thiazole rings is 1. The van der Waals surface area contributed by atoms with Gasteiger partial charge in [-0.05, 0) is 0 Å². The fraction of sp³-hybridized carbons (Fsp3) is 0.333. The summed E-state index contributed by atoms with van der Waals surface area (Å²) in [6.07, 6.45) is -4.56. The Morgan fingerprint density at radius 1 is 1.54 bits per heavy atom. The Morgan fingerprint density at radius 2 is 2.15 bits per heavy atom. The van der Waals surface area contributed by atoms with Gasteiger partial charge in [0.15, 0.2) is 10.8 Å². The van der Waals surface area contributed by atoms with Crippen LogP contribution in [0.15, 0.2) is 0 Å². The van der Waals surface area contributed by atoms with E-state index in [1.807, 2.05) is 0 Å². The van der Waals surface area contributed by atoms with Crippen molar-refractivity contribution in [2.24, 2.45) is 0 Å².